The third-order valence-electron chi connectivity index (χ3n) is 21.2. The van der Waals surface area contributed by atoms with E-state index in [2.05, 4.69) is 47.4 Å². The summed E-state index contributed by atoms with van der Waals surface area (Å²) in [6, 6.07) is 37.4. The number of carbonyl (C=O) groups is 12. The molecule has 0 saturated carbocycles. The minimum Gasteiger partial charge on any atom is -0.443 e. The maximum atomic E-state index is 13.1. The van der Waals surface area contributed by atoms with E-state index in [4.69, 9.17) is 94.7 Å². The second-order valence-corrected chi connectivity index (χ2v) is 41.6. The highest BCUT2D eigenvalue weighted by Crippen LogP contribution is 2.53. The van der Waals surface area contributed by atoms with Crippen LogP contribution in [0.1, 0.15) is 216 Å². The van der Waals surface area contributed by atoms with Gasteiger partial charge in [-0.2, -0.15) is 0 Å². The molecule has 0 radical (unpaired) electrons. The van der Waals surface area contributed by atoms with Gasteiger partial charge in [-0.3, -0.25) is 19.2 Å². The maximum absolute atomic E-state index is 13.1. The molecule has 8 saturated heterocycles. The van der Waals surface area contributed by atoms with Crippen molar-refractivity contribution in [2.45, 2.75) is 337 Å². The largest absolute Gasteiger partial charge is 0.509 e. The van der Waals surface area contributed by atoms with Crippen molar-refractivity contribution < 1.29 is 152 Å². The van der Waals surface area contributed by atoms with E-state index in [1.165, 1.54) is 0 Å². The number of imide groups is 4. The Morgan fingerprint density at radius 1 is 0.271 bits per heavy atom. The van der Waals surface area contributed by atoms with Gasteiger partial charge >= 0.3 is 49.0 Å². The summed E-state index contributed by atoms with van der Waals surface area (Å²) < 4.78 is 113. The number of ether oxygens (including phenoxy) is 20. The van der Waals surface area contributed by atoms with Crippen LogP contribution < -0.4 is 0 Å². The molecule has 8 aliphatic rings. The molecule has 140 heavy (non-hydrogen) atoms. The lowest BCUT2D eigenvalue weighted by Gasteiger charge is -2.58. The number of carbonyl (C=O) groups excluding carboxylic acids is 12. The number of likely N-dealkylation sites (tertiary alicyclic amines) is 4. The van der Waals surface area contributed by atoms with E-state index in [0.717, 1.165) is 41.9 Å². The maximum Gasteiger partial charge on any atom is 0.509 e. The van der Waals surface area contributed by atoms with Gasteiger partial charge < -0.3 is 94.7 Å². The molecule has 0 N–H and O–H groups in total. The van der Waals surface area contributed by atoms with Gasteiger partial charge in [0, 0.05) is 0 Å². The van der Waals surface area contributed by atoms with E-state index in [-0.39, 0.29) is 52.9 Å². The van der Waals surface area contributed by atoms with Crippen molar-refractivity contribution in [3.63, 3.8) is 0 Å². The molecule has 36 heteroatoms. The zero-order valence-corrected chi connectivity index (χ0v) is 85.0. The fraction of sp³-hybridized carbons (Fsp3) is 0.577. The van der Waals surface area contributed by atoms with Crippen molar-refractivity contribution in [2.24, 2.45) is 23.7 Å². The van der Waals surface area contributed by atoms with Crippen LogP contribution in [0.4, 0.5) is 38.4 Å². The minimum absolute atomic E-state index is 0.0690. The summed E-state index contributed by atoms with van der Waals surface area (Å²) in [6.45, 7) is 47.2. The molecule has 8 aliphatic heterocycles. The van der Waals surface area contributed by atoms with Crippen molar-refractivity contribution in [1.82, 2.24) is 19.6 Å². The first-order valence-electron chi connectivity index (χ1n) is 45.8. The van der Waals surface area contributed by atoms with Crippen molar-refractivity contribution in [1.29, 1.82) is 0 Å². The van der Waals surface area contributed by atoms with Crippen LogP contribution >= 0.6 is 0 Å². The van der Waals surface area contributed by atoms with Gasteiger partial charge in [0.15, 0.2) is 71.7 Å². The van der Waals surface area contributed by atoms with Crippen molar-refractivity contribution in [3.05, 3.63) is 144 Å². The number of nitrogens with zero attached hydrogens (tertiary/aromatic N) is 4. The van der Waals surface area contributed by atoms with E-state index in [0.29, 0.717) is 0 Å². The molecule has 0 aliphatic carbocycles. The number of benzene rings is 4. The molecule has 8 fully saturated rings. The highest BCUT2D eigenvalue weighted by atomic mass is 16.8. The molecule has 0 bridgehead atoms. The van der Waals surface area contributed by atoms with Gasteiger partial charge in [-0.25, -0.2) is 58.0 Å². The zero-order valence-electron chi connectivity index (χ0n) is 85.0. The van der Waals surface area contributed by atoms with Crippen molar-refractivity contribution in [3.8, 4) is 47.4 Å². The van der Waals surface area contributed by atoms with Gasteiger partial charge in [0.2, 0.25) is 23.6 Å². The first-order chi connectivity index (χ1) is 65.1. The second kappa shape index (κ2) is 44.6. The fourth-order valence-corrected chi connectivity index (χ4v) is 16.0. The molecule has 8 amide bonds. The van der Waals surface area contributed by atoms with Crippen LogP contribution in [0.15, 0.2) is 121 Å². The summed E-state index contributed by atoms with van der Waals surface area (Å²) in [7, 11) is 0. The quantitative estimate of drug-likeness (QED) is 0.0435. The Balaban J connectivity index is 0.000000209. The first kappa shape index (κ1) is 111. The second-order valence-electron chi connectivity index (χ2n) is 41.6. The average Bonchev–Trinajstić information content (AvgIpc) is 0.703. The highest BCUT2D eigenvalue weighted by molar-refractivity contribution is 6.05. The number of fused-ring (bicyclic) bond motifs is 4. The summed E-state index contributed by atoms with van der Waals surface area (Å²) in [6.07, 6.45) is -17.2. The predicted octanol–water partition coefficient (Wildman–Crippen LogP) is 16.1. The van der Waals surface area contributed by atoms with Gasteiger partial charge in [0.05, 0.1) is 52.9 Å². The Kier molecular flexibility index (Phi) is 35.5. The molecular weight excluding hydrogens is 1820 g/mol. The smallest absolute Gasteiger partial charge is 0.443 e. The average molecular weight is 1950 g/mol. The first-order valence-corrected chi connectivity index (χ1v) is 45.8. The van der Waals surface area contributed by atoms with E-state index >= 15 is 0 Å². The third kappa shape index (κ3) is 27.2. The Hall–Kier alpha value is -12.4. The van der Waals surface area contributed by atoms with Gasteiger partial charge in [-0.15, -0.1) is 23.7 Å². The van der Waals surface area contributed by atoms with Gasteiger partial charge in [-0.1, -0.05) is 145 Å². The molecular formula is C104H132N4O32. The van der Waals surface area contributed by atoms with Gasteiger partial charge in [0.1, 0.15) is 68.5 Å². The number of rotatable bonds is 16. The van der Waals surface area contributed by atoms with Crippen LogP contribution in [0.5, 0.6) is 0 Å². The molecule has 0 unspecified atom stereocenters. The van der Waals surface area contributed by atoms with Crippen LogP contribution in [0.2, 0.25) is 0 Å². The van der Waals surface area contributed by atoms with Crippen molar-refractivity contribution in [2.75, 3.05) is 26.4 Å². The van der Waals surface area contributed by atoms with Gasteiger partial charge in [-0.05, 0) is 216 Å². The summed E-state index contributed by atoms with van der Waals surface area (Å²) in [5, 5.41) is 0. The standard InChI is InChI=1S/4C26H33NO8/c4*1-8-14-26-18(20(28)27(26)22(29)34-24(2,3)4)16-32-21(31-15-17-12-10-9-11-13-17)19(26)33-23(30)35-25(5,6)7/h4*9-13,18-19,21H,15-16H2,1-7H3/t4*18-,19+,21-,26+/m1110/s1. The molecule has 760 valence electrons. The molecule has 4 aromatic rings. The van der Waals surface area contributed by atoms with E-state index in [9.17, 15) is 57.5 Å². The number of hydrogen-bond acceptors (Lipinski definition) is 32. The Morgan fingerprint density at radius 2 is 0.429 bits per heavy atom. The van der Waals surface area contributed by atoms with Crippen LogP contribution in [-0.2, 0) is 140 Å². The summed E-state index contributed by atoms with van der Waals surface area (Å²) in [5.74, 6) is 17.4. The lowest BCUT2D eigenvalue weighted by molar-refractivity contribution is -0.283. The molecule has 36 nitrogen and oxygen atoms in total. The highest BCUT2D eigenvalue weighted by Gasteiger charge is 2.77. The Morgan fingerprint density at radius 3 is 0.571 bits per heavy atom. The van der Waals surface area contributed by atoms with E-state index < -0.39 is 213 Å². The number of amides is 8. The SMILES string of the molecule is CC#C[C@]12[C@H](CO[C@@H](OCc3ccccc3)[C@@H]1OC(=O)OC(C)(C)C)C(=O)N2C(=O)OC(C)(C)C.CC#C[C@]12[C@H](CO[C@@H](OCc3ccccc3)[C@@H]1OC(=O)OC(C)(C)C)C(=O)N2C(=O)OC(C)(C)C.CC#C[C@]12[C@H](CO[C@@H](OCc3ccccc3)[C@@H]1OC(=O)OC(C)(C)C)C(=O)N2C(=O)OC(C)(C)C.CC#C[C@]12[C@H](OC(=O)OC(C)(C)C)[C@@H](OCc3ccccc3)OC[C@H]1C(=O)N2C(=O)OC(C)(C)C. The topological polar surface area (TPSA) is 402 Å². The molecule has 8 heterocycles. The Labute approximate surface area is 818 Å². The zero-order chi connectivity index (χ0) is 104. The molecule has 4 aromatic carbocycles. The number of β-lactam (4-membered cyclic amide) rings is 4. The van der Waals surface area contributed by atoms with Crippen molar-refractivity contribution >= 4 is 72.6 Å². The Bertz CT molecular complexity index is 4720. The monoisotopic (exact) mass is 1950 g/mol. The van der Waals surface area contributed by atoms with Crippen LogP contribution in [0, 0.1) is 71.0 Å². The van der Waals surface area contributed by atoms with Crippen LogP contribution in [-0.4, -0.2) is 235 Å². The third-order valence-corrected chi connectivity index (χ3v) is 21.2. The summed E-state index contributed by atoms with van der Waals surface area (Å²) in [5.41, 5.74) is -9.50. The molecule has 0 aromatic heterocycles. The predicted molar refractivity (Wildman–Crippen MR) is 499 cm³/mol. The lowest BCUT2D eigenvalue weighted by atomic mass is 9.68. The van der Waals surface area contributed by atoms with Gasteiger partial charge in [0.25, 0.3) is 0 Å². The molecule has 12 rings (SSSR count). The molecule has 0 spiro atoms. The number of hydrogen-bond donors (Lipinski definition) is 0. The summed E-state index contributed by atoms with van der Waals surface area (Å²) in [4.78, 5) is 159. The normalized spacial score (nSPS) is 26.0. The van der Waals surface area contributed by atoms with Crippen LogP contribution in [0.3, 0.4) is 0 Å². The fourth-order valence-electron chi connectivity index (χ4n) is 16.0. The van der Waals surface area contributed by atoms with E-state index in [1.807, 2.05) is 121 Å². The summed E-state index contributed by atoms with van der Waals surface area (Å²) >= 11 is 0. The van der Waals surface area contributed by atoms with E-state index in [1.54, 1.807) is 194 Å². The molecule has 16 atom stereocenters. The van der Waals surface area contributed by atoms with Crippen LogP contribution in [0.25, 0.3) is 0 Å². The lowest BCUT2D eigenvalue weighted by Crippen LogP contribution is -2.82. The minimum atomic E-state index is -1.54.